The van der Waals surface area contributed by atoms with E-state index in [-0.39, 0.29) is 12.5 Å². The molecule has 4 heteroatoms. The lowest BCUT2D eigenvalue weighted by Crippen LogP contribution is -2.45. The molecule has 0 heterocycles. The maximum Gasteiger partial charge on any atom is 0.220 e. The largest absolute Gasteiger partial charge is 0.394 e. The number of carbonyl (C=O) groups is 1. The van der Waals surface area contributed by atoms with E-state index in [0.717, 1.165) is 25.7 Å². The highest BCUT2D eigenvalue weighted by atomic mass is 16.3. The number of nitrogens with one attached hydrogen (secondary N) is 1. The smallest absolute Gasteiger partial charge is 0.220 e. The number of hydrogen-bond donors (Lipinski definition) is 3. The maximum absolute atomic E-state index is 12.4. The van der Waals surface area contributed by atoms with E-state index in [2.05, 4.69) is 31.3 Å². The zero-order valence-electron chi connectivity index (χ0n) is 30.7. The molecule has 2 atom stereocenters. The SMILES string of the molecule is CCCCCCCCC/C=C\CCCCCCCC(=O)NC(CO)C(O)CCCCCCCCCCCCCCCCCCC. The van der Waals surface area contributed by atoms with Crippen molar-refractivity contribution in [2.24, 2.45) is 0 Å². The molecule has 268 valence electrons. The van der Waals surface area contributed by atoms with Crippen LogP contribution in [-0.2, 0) is 4.79 Å². The Kier molecular flexibility index (Phi) is 36.9. The van der Waals surface area contributed by atoms with Crippen molar-refractivity contribution in [3.63, 3.8) is 0 Å². The summed E-state index contributed by atoms with van der Waals surface area (Å²) in [5, 5.41) is 23.1. The summed E-state index contributed by atoms with van der Waals surface area (Å²) < 4.78 is 0. The minimum atomic E-state index is -0.658. The van der Waals surface area contributed by atoms with Crippen LogP contribution in [0.1, 0.15) is 226 Å². The Bertz CT molecular complexity index is 608. The molecule has 0 saturated heterocycles. The van der Waals surface area contributed by atoms with E-state index in [0.29, 0.717) is 12.8 Å². The predicted octanol–water partition coefficient (Wildman–Crippen LogP) is 12.3. The Morgan fingerprint density at radius 3 is 1.22 bits per heavy atom. The molecule has 4 nitrogen and oxygen atoms in total. The van der Waals surface area contributed by atoms with Crippen molar-refractivity contribution < 1.29 is 15.0 Å². The third-order valence-corrected chi connectivity index (χ3v) is 9.53. The van der Waals surface area contributed by atoms with E-state index < -0.39 is 12.1 Å². The van der Waals surface area contributed by atoms with Gasteiger partial charge in [-0.3, -0.25) is 4.79 Å². The van der Waals surface area contributed by atoms with Gasteiger partial charge in [0.15, 0.2) is 0 Å². The number of aliphatic hydroxyl groups excluding tert-OH is 2. The predicted molar refractivity (Wildman–Crippen MR) is 198 cm³/mol. The first-order chi connectivity index (χ1) is 22.2. The monoisotopic (exact) mass is 636 g/mol. The van der Waals surface area contributed by atoms with Gasteiger partial charge in [0, 0.05) is 6.42 Å². The third-order valence-electron chi connectivity index (χ3n) is 9.53. The Hall–Kier alpha value is -0.870. The van der Waals surface area contributed by atoms with E-state index in [9.17, 15) is 15.0 Å². The molecule has 2 unspecified atom stereocenters. The summed E-state index contributed by atoms with van der Waals surface area (Å²) in [6.45, 7) is 4.36. The molecule has 0 aromatic rings. The molecule has 0 bridgehead atoms. The van der Waals surface area contributed by atoms with Gasteiger partial charge < -0.3 is 15.5 Å². The Labute approximate surface area is 282 Å². The fourth-order valence-electron chi connectivity index (χ4n) is 6.36. The Balaban J connectivity index is 3.53. The van der Waals surface area contributed by atoms with Crippen molar-refractivity contribution in [3.05, 3.63) is 12.2 Å². The first-order valence-electron chi connectivity index (χ1n) is 20.4. The molecule has 1 amide bonds. The van der Waals surface area contributed by atoms with Gasteiger partial charge in [0.2, 0.25) is 5.91 Å². The van der Waals surface area contributed by atoms with Gasteiger partial charge in [-0.15, -0.1) is 0 Å². The van der Waals surface area contributed by atoms with Crippen LogP contribution in [0.4, 0.5) is 0 Å². The van der Waals surface area contributed by atoms with Gasteiger partial charge in [0.25, 0.3) is 0 Å². The summed E-state index contributed by atoms with van der Waals surface area (Å²) >= 11 is 0. The molecule has 0 rings (SSSR count). The highest BCUT2D eigenvalue weighted by molar-refractivity contribution is 5.76. The van der Waals surface area contributed by atoms with Gasteiger partial charge in [0.1, 0.15) is 0 Å². The first-order valence-corrected chi connectivity index (χ1v) is 20.4. The number of unbranched alkanes of at least 4 members (excludes halogenated alkanes) is 28. The lowest BCUT2D eigenvalue weighted by molar-refractivity contribution is -0.123. The van der Waals surface area contributed by atoms with Crippen molar-refractivity contribution in [2.75, 3.05) is 6.61 Å². The lowest BCUT2D eigenvalue weighted by Gasteiger charge is -2.22. The fourth-order valence-corrected chi connectivity index (χ4v) is 6.36. The van der Waals surface area contributed by atoms with Crippen LogP contribution in [0.2, 0.25) is 0 Å². The molecule has 0 aliphatic rings. The zero-order valence-corrected chi connectivity index (χ0v) is 30.7. The zero-order chi connectivity index (χ0) is 32.9. The summed E-state index contributed by atoms with van der Waals surface area (Å²) in [4.78, 5) is 12.4. The Morgan fingerprint density at radius 2 is 0.844 bits per heavy atom. The van der Waals surface area contributed by atoms with Crippen molar-refractivity contribution in [1.29, 1.82) is 0 Å². The second-order valence-corrected chi connectivity index (χ2v) is 14.1. The van der Waals surface area contributed by atoms with Crippen molar-refractivity contribution in [2.45, 2.75) is 238 Å². The molecule has 0 aliphatic carbocycles. The fraction of sp³-hybridized carbons (Fsp3) is 0.927. The van der Waals surface area contributed by atoms with Gasteiger partial charge in [-0.1, -0.05) is 193 Å². The van der Waals surface area contributed by atoms with Crippen molar-refractivity contribution in [3.8, 4) is 0 Å². The summed E-state index contributed by atoms with van der Waals surface area (Å²) in [5.74, 6) is -0.0381. The van der Waals surface area contributed by atoms with E-state index in [1.54, 1.807) is 0 Å². The molecule has 45 heavy (non-hydrogen) atoms. The van der Waals surface area contributed by atoms with Crippen LogP contribution >= 0.6 is 0 Å². The average molecular weight is 636 g/mol. The normalized spacial score (nSPS) is 13.1. The second-order valence-electron chi connectivity index (χ2n) is 14.1. The van der Waals surface area contributed by atoms with E-state index >= 15 is 0 Å². The highest BCUT2D eigenvalue weighted by Gasteiger charge is 2.19. The van der Waals surface area contributed by atoms with Crippen LogP contribution in [0, 0.1) is 0 Å². The number of amides is 1. The van der Waals surface area contributed by atoms with Gasteiger partial charge in [-0.05, 0) is 38.5 Å². The molecular weight excluding hydrogens is 554 g/mol. The van der Waals surface area contributed by atoms with E-state index in [1.807, 2.05) is 0 Å². The topological polar surface area (TPSA) is 69.6 Å². The molecule has 0 aromatic heterocycles. The highest BCUT2D eigenvalue weighted by Crippen LogP contribution is 2.16. The van der Waals surface area contributed by atoms with Crippen molar-refractivity contribution >= 4 is 5.91 Å². The standard InChI is InChI=1S/C41H81NO3/c1-3-5-7-9-11-13-15-17-19-21-22-24-26-28-30-32-34-36-40(44)39(38-43)42-41(45)37-35-33-31-29-27-25-23-20-18-16-14-12-10-8-6-4-2/h20,23,39-40,43-44H,3-19,21-22,24-38H2,1-2H3,(H,42,45)/b23-20-. The number of hydrogen-bond acceptors (Lipinski definition) is 3. The summed E-state index contributed by atoms with van der Waals surface area (Å²) in [6.07, 6.45) is 45.6. The lowest BCUT2D eigenvalue weighted by atomic mass is 10.0. The number of allylic oxidation sites excluding steroid dienone is 2. The first kappa shape index (κ1) is 44.1. The number of aliphatic hydroxyl groups is 2. The van der Waals surface area contributed by atoms with Crippen molar-refractivity contribution in [1.82, 2.24) is 5.32 Å². The second kappa shape index (κ2) is 37.6. The average Bonchev–Trinajstić information content (AvgIpc) is 3.04. The molecule has 0 fully saturated rings. The Morgan fingerprint density at radius 1 is 0.511 bits per heavy atom. The third kappa shape index (κ3) is 34.3. The van der Waals surface area contributed by atoms with Gasteiger partial charge in [-0.2, -0.15) is 0 Å². The van der Waals surface area contributed by atoms with Crippen LogP contribution in [0.15, 0.2) is 12.2 Å². The minimum absolute atomic E-state index is 0.0381. The summed E-state index contributed by atoms with van der Waals surface area (Å²) in [7, 11) is 0. The van der Waals surface area contributed by atoms with Crippen LogP contribution < -0.4 is 5.32 Å². The van der Waals surface area contributed by atoms with Crippen LogP contribution in [0.3, 0.4) is 0 Å². The van der Waals surface area contributed by atoms with E-state index in [4.69, 9.17) is 0 Å². The van der Waals surface area contributed by atoms with Crippen LogP contribution in [-0.4, -0.2) is 34.9 Å². The van der Waals surface area contributed by atoms with Gasteiger partial charge in [-0.25, -0.2) is 0 Å². The number of carbonyl (C=O) groups excluding carboxylic acids is 1. The molecular formula is C41H81NO3. The molecule has 3 N–H and O–H groups in total. The summed E-state index contributed by atoms with van der Waals surface area (Å²) in [5.41, 5.74) is 0. The molecule has 0 saturated carbocycles. The van der Waals surface area contributed by atoms with Gasteiger partial charge >= 0.3 is 0 Å². The quantitative estimate of drug-likeness (QED) is 0.0470. The molecule has 0 aromatic carbocycles. The molecule has 0 aliphatic heterocycles. The van der Waals surface area contributed by atoms with Crippen LogP contribution in [0.25, 0.3) is 0 Å². The maximum atomic E-state index is 12.4. The van der Waals surface area contributed by atoms with Gasteiger partial charge in [0.05, 0.1) is 18.8 Å². The molecule has 0 spiro atoms. The minimum Gasteiger partial charge on any atom is -0.394 e. The molecule has 0 radical (unpaired) electrons. The van der Waals surface area contributed by atoms with E-state index in [1.165, 1.54) is 173 Å². The van der Waals surface area contributed by atoms with Crippen LogP contribution in [0.5, 0.6) is 0 Å². The summed E-state index contributed by atoms with van der Waals surface area (Å²) in [6, 6.07) is -0.536. The number of rotatable bonds is 37.